The molecule has 34 heavy (non-hydrogen) atoms. The van der Waals surface area contributed by atoms with Crippen LogP contribution < -0.4 is 20.8 Å². The molecular weight excluding hydrogens is 428 g/mol. The van der Waals surface area contributed by atoms with E-state index in [2.05, 4.69) is 4.98 Å². The maximum Gasteiger partial charge on any atom is 0.268 e. The summed E-state index contributed by atoms with van der Waals surface area (Å²) in [6, 6.07) is 28.2. The first-order chi connectivity index (χ1) is 16.6. The molecule has 166 valence electrons. The van der Waals surface area contributed by atoms with Crippen LogP contribution in [-0.2, 0) is 13.2 Å². The third-order valence-corrected chi connectivity index (χ3v) is 5.13. The number of hydrogen-bond donors (Lipinski definition) is 2. The number of nitrogens with one attached hydrogen (secondary N) is 1. The minimum absolute atomic E-state index is 0.00497. The fourth-order valence-corrected chi connectivity index (χ4v) is 3.50. The average molecular weight is 448 g/mol. The lowest BCUT2D eigenvalue weighted by molar-refractivity contribution is 0.290. The van der Waals surface area contributed by atoms with Gasteiger partial charge in [0, 0.05) is 11.6 Å². The predicted molar refractivity (Wildman–Crippen MR) is 128 cm³/mol. The molecule has 0 spiro atoms. The zero-order valence-electron chi connectivity index (χ0n) is 18.1. The molecule has 0 unspecified atom stereocenters. The van der Waals surface area contributed by atoms with E-state index in [4.69, 9.17) is 15.2 Å². The van der Waals surface area contributed by atoms with Gasteiger partial charge in [-0.3, -0.25) is 4.79 Å². The second-order valence-electron chi connectivity index (χ2n) is 7.46. The molecule has 0 atom stereocenters. The Balaban J connectivity index is 1.78. The number of nitrogens with two attached hydrogens (primary N) is 1. The summed E-state index contributed by atoms with van der Waals surface area (Å²) >= 11 is 0. The van der Waals surface area contributed by atoms with Crippen molar-refractivity contribution in [1.29, 1.82) is 10.5 Å². The van der Waals surface area contributed by atoms with E-state index in [0.29, 0.717) is 30.3 Å². The number of aromatic amines is 1. The molecule has 7 nitrogen and oxygen atoms in total. The van der Waals surface area contributed by atoms with Gasteiger partial charge in [0.2, 0.25) is 0 Å². The van der Waals surface area contributed by atoms with E-state index < -0.39 is 5.56 Å². The number of pyridine rings is 1. The number of hydrogen-bond acceptors (Lipinski definition) is 6. The Hall–Kier alpha value is -5.01. The van der Waals surface area contributed by atoms with E-state index >= 15 is 0 Å². The molecule has 0 aliphatic rings. The van der Waals surface area contributed by atoms with Crippen LogP contribution in [-0.4, -0.2) is 4.98 Å². The summed E-state index contributed by atoms with van der Waals surface area (Å²) < 4.78 is 12.0. The summed E-state index contributed by atoms with van der Waals surface area (Å²) in [5, 5.41) is 19.3. The molecule has 1 aromatic heterocycles. The lowest BCUT2D eigenvalue weighted by Gasteiger charge is -2.15. The fraction of sp³-hybridized carbons (Fsp3) is 0.0741. The van der Waals surface area contributed by atoms with E-state index in [0.717, 1.165) is 11.1 Å². The van der Waals surface area contributed by atoms with Gasteiger partial charge in [-0.2, -0.15) is 10.5 Å². The largest absolute Gasteiger partial charge is 0.489 e. The van der Waals surface area contributed by atoms with Gasteiger partial charge in [-0.25, -0.2) is 0 Å². The van der Waals surface area contributed by atoms with Gasteiger partial charge < -0.3 is 20.2 Å². The molecule has 0 saturated carbocycles. The predicted octanol–water partition coefficient (Wildman–Crippen LogP) is 4.53. The number of ether oxygens (including phenoxy) is 2. The van der Waals surface area contributed by atoms with Crippen LogP contribution in [0.3, 0.4) is 0 Å². The third kappa shape index (κ3) is 4.90. The van der Waals surface area contributed by atoms with Crippen LogP contribution >= 0.6 is 0 Å². The molecule has 0 amide bonds. The van der Waals surface area contributed by atoms with Crippen molar-refractivity contribution in [2.75, 3.05) is 5.73 Å². The smallest absolute Gasteiger partial charge is 0.268 e. The van der Waals surface area contributed by atoms with E-state index in [1.807, 2.05) is 72.8 Å². The zero-order chi connectivity index (χ0) is 23.9. The number of aromatic nitrogens is 1. The lowest BCUT2D eigenvalue weighted by atomic mass is 9.96. The van der Waals surface area contributed by atoms with Crippen molar-refractivity contribution in [3.8, 4) is 34.8 Å². The lowest BCUT2D eigenvalue weighted by Crippen LogP contribution is -2.16. The molecular formula is C27H20N4O3. The summed E-state index contributed by atoms with van der Waals surface area (Å²) in [4.78, 5) is 14.8. The Morgan fingerprint density at radius 2 is 1.26 bits per heavy atom. The van der Waals surface area contributed by atoms with Crippen molar-refractivity contribution in [3.63, 3.8) is 0 Å². The first-order valence-electron chi connectivity index (χ1n) is 10.4. The van der Waals surface area contributed by atoms with E-state index in [1.54, 1.807) is 18.2 Å². The molecule has 0 aliphatic heterocycles. The van der Waals surface area contributed by atoms with E-state index in [9.17, 15) is 15.3 Å². The van der Waals surface area contributed by atoms with Gasteiger partial charge in [0.1, 0.15) is 53.8 Å². The van der Waals surface area contributed by atoms with Gasteiger partial charge in [0.15, 0.2) is 0 Å². The fourth-order valence-electron chi connectivity index (χ4n) is 3.50. The molecule has 4 aromatic rings. The number of benzene rings is 3. The van der Waals surface area contributed by atoms with Crippen LogP contribution in [0.4, 0.5) is 5.82 Å². The zero-order valence-corrected chi connectivity index (χ0v) is 18.1. The van der Waals surface area contributed by atoms with Crippen LogP contribution in [0.2, 0.25) is 0 Å². The summed E-state index contributed by atoms with van der Waals surface area (Å²) in [5.41, 5.74) is 7.51. The van der Waals surface area contributed by atoms with Gasteiger partial charge in [-0.05, 0) is 28.8 Å². The van der Waals surface area contributed by atoms with Crippen molar-refractivity contribution in [1.82, 2.24) is 4.98 Å². The number of nitrogen functional groups attached to an aromatic ring is 1. The molecule has 4 rings (SSSR count). The van der Waals surface area contributed by atoms with Crippen LogP contribution in [0, 0.1) is 22.7 Å². The Kier molecular flexibility index (Phi) is 6.58. The van der Waals surface area contributed by atoms with Crippen LogP contribution in [0.5, 0.6) is 11.5 Å². The second kappa shape index (κ2) is 10.1. The summed E-state index contributed by atoms with van der Waals surface area (Å²) in [6.07, 6.45) is 0. The molecule has 1 heterocycles. The van der Waals surface area contributed by atoms with Crippen LogP contribution in [0.15, 0.2) is 83.7 Å². The second-order valence-corrected chi connectivity index (χ2v) is 7.46. The van der Waals surface area contributed by atoms with Gasteiger partial charge >= 0.3 is 0 Å². The standard InChI is InChI=1S/C27H20N4O3/c28-14-23-25(24(15-29)27(32)31-26(23)30)20-11-21(33-16-18-7-3-1-4-8-18)13-22(12-20)34-17-19-9-5-2-6-10-19/h1-13H,16-17H2,(H3,30,31,32). The number of nitrogens with zero attached hydrogens (tertiary/aromatic N) is 2. The van der Waals surface area contributed by atoms with Crippen LogP contribution in [0.25, 0.3) is 11.1 Å². The molecule has 7 heteroatoms. The normalized spacial score (nSPS) is 10.2. The summed E-state index contributed by atoms with van der Waals surface area (Å²) in [5.74, 6) is 0.802. The monoisotopic (exact) mass is 448 g/mol. The maximum absolute atomic E-state index is 12.4. The maximum atomic E-state index is 12.4. The number of H-pyrrole nitrogens is 1. The first-order valence-corrected chi connectivity index (χ1v) is 10.4. The Labute approximate surface area is 196 Å². The molecule has 0 bridgehead atoms. The Morgan fingerprint density at radius 1 is 0.765 bits per heavy atom. The van der Waals surface area contributed by atoms with Crippen molar-refractivity contribution < 1.29 is 9.47 Å². The third-order valence-electron chi connectivity index (χ3n) is 5.13. The topological polar surface area (TPSA) is 125 Å². The van der Waals surface area contributed by atoms with E-state index in [-0.39, 0.29) is 22.5 Å². The van der Waals surface area contributed by atoms with Crippen LogP contribution in [0.1, 0.15) is 22.3 Å². The quantitative estimate of drug-likeness (QED) is 0.428. The Bertz CT molecular complexity index is 1390. The highest BCUT2D eigenvalue weighted by molar-refractivity contribution is 5.81. The highest BCUT2D eigenvalue weighted by atomic mass is 16.5. The summed E-state index contributed by atoms with van der Waals surface area (Å²) in [7, 11) is 0. The van der Waals surface area contributed by atoms with Gasteiger partial charge in [-0.1, -0.05) is 60.7 Å². The molecule has 3 aromatic carbocycles. The van der Waals surface area contributed by atoms with Crippen molar-refractivity contribution >= 4 is 5.82 Å². The van der Waals surface area contributed by atoms with Crippen molar-refractivity contribution in [3.05, 3.63) is 111 Å². The number of anilines is 1. The van der Waals surface area contributed by atoms with Gasteiger partial charge in [0.25, 0.3) is 5.56 Å². The summed E-state index contributed by atoms with van der Waals surface area (Å²) in [6.45, 7) is 0.603. The average Bonchev–Trinajstić information content (AvgIpc) is 2.87. The van der Waals surface area contributed by atoms with Gasteiger partial charge in [0.05, 0.1) is 0 Å². The first kappa shape index (κ1) is 22.2. The Morgan fingerprint density at radius 3 is 1.74 bits per heavy atom. The minimum Gasteiger partial charge on any atom is -0.489 e. The number of nitriles is 2. The van der Waals surface area contributed by atoms with Crippen molar-refractivity contribution in [2.24, 2.45) is 0 Å². The van der Waals surface area contributed by atoms with Gasteiger partial charge in [-0.15, -0.1) is 0 Å². The molecule has 0 saturated heterocycles. The molecule has 3 N–H and O–H groups in total. The van der Waals surface area contributed by atoms with Crippen molar-refractivity contribution in [2.45, 2.75) is 13.2 Å². The number of rotatable bonds is 7. The molecule has 0 radical (unpaired) electrons. The molecule has 0 aliphatic carbocycles. The van der Waals surface area contributed by atoms with E-state index in [1.165, 1.54) is 0 Å². The highest BCUT2D eigenvalue weighted by Crippen LogP contribution is 2.34. The SMILES string of the molecule is N#Cc1c(N)[nH]c(=O)c(C#N)c1-c1cc(OCc2ccccc2)cc(OCc2ccccc2)c1. The minimum atomic E-state index is -0.670. The highest BCUT2D eigenvalue weighted by Gasteiger charge is 2.20. The molecule has 0 fully saturated rings.